The van der Waals surface area contributed by atoms with Crippen molar-refractivity contribution in [1.29, 1.82) is 0 Å². The molecule has 0 atom stereocenters. The molecule has 2 rings (SSSR count). The van der Waals surface area contributed by atoms with E-state index >= 15 is 0 Å². The third kappa shape index (κ3) is 3.31. The van der Waals surface area contributed by atoms with Crippen molar-refractivity contribution in [3.05, 3.63) is 30.5 Å². The Labute approximate surface area is 111 Å². The van der Waals surface area contributed by atoms with E-state index in [0.717, 1.165) is 16.6 Å². The zero-order chi connectivity index (χ0) is 13.7. The maximum atomic E-state index is 11.3. The predicted molar refractivity (Wildman–Crippen MR) is 75.1 cm³/mol. The fraction of sp³-hybridized carbons (Fsp3) is 0.308. The topological polar surface area (TPSA) is 70.2 Å². The fourth-order valence-electron chi connectivity index (χ4n) is 1.67. The summed E-state index contributed by atoms with van der Waals surface area (Å²) in [6.07, 6.45) is 1.69. The van der Waals surface area contributed by atoms with Gasteiger partial charge in [-0.2, -0.15) is 10.2 Å². The van der Waals surface area contributed by atoms with Crippen LogP contribution in [0.3, 0.4) is 0 Å². The molecule has 6 nitrogen and oxygen atoms in total. The summed E-state index contributed by atoms with van der Waals surface area (Å²) in [6.45, 7) is 1.18. The van der Waals surface area contributed by atoms with Crippen LogP contribution in [0.15, 0.2) is 30.5 Å². The SMILES string of the molecule is CN(C)C(=O)NCCNc1cnnc2ccccc12. The van der Waals surface area contributed by atoms with Crippen molar-refractivity contribution in [2.45, 2.75) is 0 Å². The predicted octanol–water partition coefficient (Wildman–Crippen LogP) is 1.31. The second-order valence-corrected chi connectivity index (χ2v) is 4.33. The minimum absolute atomic E-state index is 0.0977. The second-order valence-electron chi connectivity index (χ2n) is 4.33. The summed E-state index contributed by atoms with van der Waals surface area (Å²) >= 11 is 0. The van der Waals surface area contributed by atoms with Gasteiger partial charge in [0.25, 0.3) is 0 Å². The highest BCUT2D eigenvalue weighted by Gasteiger charge is 2.03. The highest BCUT2D eigenvalue weighted by molar-refractivity contribution is 5.90. The molecule has 2 N–H and O–H groups in total. The Bertz CT molecular complexity index is 564. The lowest BCUT2D eigenvalue weighted by atomic mass is 10.2. The first-order valence-electron chi connectivity index (χ1n) is 6.08. The summed E-state index contributed by atoms with van der Waals surface area (Å²) in [5.41, 5.74) is 1.77. The number of benzene rings is 1. The van der Waals surface area contributed by atoms with Gasteiger partial charge in [-0.05, 0) is 6.07 Å². The highest BCUT2D eigenvalue weighted by Crippen LogP contribution is 2.19. The van der Waals surface area contributed by atoms with Crippen molar-refractivity contribution in [1.82, 2.24) is 20.4 Å². The van der Waals surface area contributed by atoms with Crippen LogP contribution in [0.4, 0.5) is 10.5 Å². The number of carbonyl (C=O) groups is 1. The van der Waals surface area contributed by atoms with Gasteiger partial charge in [0.05, 0.1) is 17.4 Å². The molecule has 2 amide bonds. The van der Waals surface area contributed by atoms with Gasteiger partial charge < -0.3 is 15.5 Å². The first-order chi connectivity index (χ1) is 9.18. The summed E-state index contributed by atoms with van der Waals surface area (Å²) in [4.78, 5) is 12.8. The number of anilines is 1. The molecule has 0 bridgehead atoms. The Morgan fingerprint density at radius 1 is 1.26 bits per heavy atom. The number of urea groups is 1. The maximum absolute atomic E-state index is 11.3. The van der Waals surface area contributed by atoms with Gasteiger partial charge in [0.15, 0.2) is 0 Å². The number of nitrogens with one attached hydrogen (secondary N) is 2. The summed E-state index contributed by atoms with van der Waals surface area (Å²) < 4.78 is 0. The number of hydrogen-bond acceptors (Lipinski definition) is 4. The molecule has 0 unspecified atom stereocenters. The smallest absolute Gasteiger partial charge is 0.316 e. The molecular weight excluding hydrogens is 242 g/mol. The molecule has 100 valence electrons. The van der Waals surface area contributed by atoms with Crippen molar-refractivity contribution in [2.24, 2.45) is 0 Å². The Balaban J connectivity index is 1.93. The van der Waals surface area contributed by atoms with Crippen molar-refractivity contribution in [3.8, 4) is 0 Å². The Hall–Kier alpha value is -2.37. The largest absolute Gasteiger partial charge is 0.381 e. The molecule has 1 heterocycles. The lowest BCUT2D eigenvalue weighted by molar-refractivity contribution is 0.218. The van der Waals surface area contributed by atoms with E-state index in [9.17, 15) is 4.79 Å². The third-order valence-electron chi connectivity index (χ3n) is 2.67. The van der Waals surface area contributed by atoms with E-state index < -0.39 is 0 Å². The molecule has 1 aromatic heterocycles. The number of carbonyl (C=O) groups excluding carboxylic acids is 1. The highest BCUT2D eigenvalue weighted by atomic mass is 16.2. The first kappa shape index (κ1) is 13.1. The van der Waals surface area contributed by atoms with Crippen molar-refractivity contribution < 1.29 is 4.79 Å². The van der Waals surface area contributed by atoms with Gasteiger partial charge in [-0.1, -0.05) is 18.2 Å². The molecule has 0 radical (unpaired) electrons. The number of hydrogen-bond donors (Lipinski definition) is 2. The summed E-state index contributed by atoms with van der Waals surface area (Å²) in [7, 11) is 3.42. The van der Waals surface area contributed by atoms with Gasteiger partial charge in [0.1, 0.15) is 0 Å². The molecule has 6 heteroatoms. The maximum Gasteiger partial charge on any atom is 0.316 e. The van der Waals surface area contributed by atoms with E-state index in [-0.39, 0.29) is 6.03 Å². The summed E-state index contributed by atoms with van der Waals surface area (Å²) in [5.74, 6) is 0. The molecule has 2 aromatic rings. The third-order valence-corrected chi connectivity index (χ3v) is 2.67. The number of nitrogens with zero attached hydrogens (tertiary/aromatic N) is 3. The van der Waals surface area contributed by atoms with Crippen molar-refractivity contribution >= 4 is 22.6 Å². The van der Waals surface area contributed by atoms with E-state index in [1.807, 2.05) is 24.3 Å². The molecule has 0 saturated heterocycles. The van der Waals surface area contributed by atoms with Crippen LogP contribution in [0.5, 0.6) is 0 Å². The first-order valence-corrected chi connectivity index (χ1v) is 6.08. The van der Waals surface area contributed by atoms with Crippen LogP contribution in [-0.4, -0.2) is 48.3 Å². The quantitative estimate of drug-likeness (QED) is 0.812. The van der Waals surface area contributed by atoms with Gasteiger partial charge in [-0.3, -0.25) is 0 Å². The normalized spacial score (nSPS) is 10.2. The van der Waals surface area contributed by atoms with E-state index in [2.05, 4.69) is 20.8 Å². The van der Waals surface area contributed by atoms with Gasteiger partial charge >= 0.3 is 6.03 Å². The van der Waals surface area contributed by atoms with E-state index in [4.69, 9.17) is 0 Å². The van der Waals surface area contributed by atoms with Crippen molar-refractivity contribution in [3.63, 3.8) is 0 Å². The second kappa shape index (κ2) is 5.99. The van der Waals surface area contributed by atoms with Gasteiger partial charge in [0, 0.05) is 32.6 Å². The van der Waals surface area contributed by atoms with Crippen LogP contribution in [0.25, 0.3) is 10.9 Å². The summed E-state index contributed by atoms with van der Waals surface area (Å²) in [6, 6.07) is 7.70. The average Bonchev–Trinajstić information content (AvgIpc) is 2.43. The van der Waals surface area contributed by atoms with E-state index in [1.165, 1.54) is 4.90 Å². The molecule has 1 aromatic carbocycles. The molecule has 0 spiro atoms. The fourth-order valence-corrected chi connectivity index (χ4v) is 1.67. The van der Waals surface area contributed by atoms with Gasteiger partial charge in [-0.25, -0.2) is 4.79 Å². The van der Waals surface area contributed by atoms with Crippen LogP contribution < -0.4 is 10.6 Å². The number of aromatic nitrogens is 2. The standard InChI is InChI=1S/C13H17N5O/c1-18(2)13(19)15-8-7-14-12-9-16-17-11-6-4-3-5-10(11)12/h3-6,9H,7-8H2,1-2H3,(H,14,17)(H,15,19). The molecule has 0 saturated carbocycles. The van der Waals surface area contributed by atoms with Gasteiger partial charge in [-0.15, -0.1) is 0 Å². The Kier molecular flexibility index (Phi) is 4.12. The minimum atomic E-state index is -0.0977. The molecular formula is C13H17N5O. The van der Waals surface area contributed by atoms with Crippen LogP contribution in [-0.2, 0) is 0 Å². The minimum Gasteiger partial charge on any atom is -0.381 e. The van der Waals surface area contributed by atoms with Gasteiger partial charge in [0.2, 0.25) is 0 Å². The molecule has 0 aliphatic carbocycles. The van der Waals surface area contributed by atoms with Crippen LogP contribution in [0.2, 0.25) is 0 Å². The summed E-state index contributed by atoms with van der Waals surface area (Å²) in [5, 5.41) is 15.1. The van der Waals surface area contributed by atoms with E-state index in [0.29, 0.717) is 13.1 Å². The van der Waals surface area contributed by atoms with Crippen molar-refractivity contribution in [2.75, 3.05) is 32.5 Å². The van der Waals surface area contributed by atoms with Crippen LogP contribution in [0.1, 0.15) is 0 Å². The molecule has 0 aliphatic rings. The average molecular weight is 259 g/mol. The van der Waals surface area contributed by atoms with E-state index in [1.54, 1.807) is 20.3 Å². The Morgan fingerprint density at radius 3 is 2.84 bits per heavy atom. The Morgan fingerprint density at radius 2 is 2.05 bits per heavy atom. The van der Waals surface area contributed by atoms with Crippen LogP contribution in [0, 0.1) is 0 Å². The molecule has 0 fully saturated rings. The monoisotopic (exact) mass is 259 g/mol. The molecule has 0 aliphatic heterocycles. The zero-order valence-corrected chi connectivity index (χ0v) is 11.1. The number of rotatable bonds is 4. The van der Waals surface area contributed by atoms with Crippen LogP contribution >= 0.6 is 0 Å². The number of fused-ring (bicyclic) bond motifs is 1. The zero-order valence-electron chi connectivity index (χ0n) is 11.1. The lowest BCUT2D eigenvalue weighted by Crippen LogP contribution is -2.37. The lowest BCUT2D eigenvalue weighted by Gasteiger charge is -2.13. The molecule has 19 heavy (non-hydrogen) atoms. The number of amides is 2.